The van der Waals surface area contributed by atoms with Gasteiger partial charge in [-0.15, -0.1) is 0 Å². The van der Waals surface area contributed by atoms with Crippen LogP contribution in [0.15, 0.2) is 42.5 Å². The molecule has 0 aromatic heterocycles. The fraction of sp³-hybridized carbons (Fsp3) is 0.278. The van der Waals surface area contributed by atoms with E-state index < -0.39 is 0 Å². The summed E-state index contributed by atoms with van der Waals surface area (Å²) in [5.41, 5.74) is 8.70. The summed E-state index contributed by atoms with van der Waals surface area (Å²) < 4.78 is 5.16. The van der Waals surface area contributed by atoms with E-state index in [1.807, 2.05) is 24.3 Å². The molecule has 0 heterocycles. The zero-order chi connectivity index (χ0) is 15.4. The van der Waals surface area contributed by atoms with Crippen molar-refractivity contribution >= 4 is 11.5 Å². The molecule has 0 atom stereocenters. The predicted molar refractivity (Wildman–Crippen MR) is 85.8 cm³/mol. The van der Waals surface area contributed by atoms with Gasteiger partial charge in [0.25, 0.3) is 0 Å². The molecule has 0 fully saturated rings. The van der Waals surface area contributed by atoms with Crippen LogP contribution in [0.5, 0.6) is 5.75 Å². The Morgan fingerprint density at radius 1 is 1.19 bits per heavy atom. The summed E-state index contributed by atoms with van der Waals surface area (Å²) in [5, 5.41) is 0. The van der Waals surface area contributed by atoms with Crippen LogP contribution in [0.3, 0.4) is 0 Å². The zero-order valence-corrected chi connectivity index (χ0v) is 12.7. The van der Waals surface area contributed by atoms with Crippen LogP contribution in [0.4, 0.5) is 5.69 Å². The number of nitrogen functional groups attached to an aromatic ring is 1. The van der Waals surface area contributed by atoms with Gasteiger partial charge in [0.05, 0.1) is 7.11 Å². The van der Waals surface area contributed by atoms with Crippen molar-refractivity contribution in [1.29, 1.82) is 0 Å². The van der Waals surface area contributed by atoms with Crippen LogP contribution >= 0.6 is 0 Å². The maximum absolute atomic E-state index is 12.6. The molecule has 2 rings (SSSR count). The first-order chi connectivity index (χ1) is 10.0. The first-order valence-electron chi connectivity index (χ1n) is 7.08. The number of ether oxygens (including phenoxy) is 1. The van der Waals surface area contributed by atoms with Gasteiger partial charge in [-0.1, -0.05) is 32.0 Å². The highest BCUT2D eigenvalue weighted by Crippen LogP contribution is 2.23. The van der Waals surface area contributed by atoms with Crippen LogP contribution in [0.1, 0.15) is 35.3 Å². The molecule has 3 heteroatoms. The lowest BCUT2D eigenvalue weighted by atomic mass is 9.96. The number of rotatable bonds is 5. The summed E-state index contributed by atoms with van der Waals surface area (Å²) in [4.78, 5) is 12.6. The van der Waals surface area contributed by atoms with E-state index in [9.17, 15) is 4.79 Å². The van der Waals surface area contributed by atoms with Crippen molar-refractivity contribution < 1.29 is 9.53 Å². The third-order valence-electron chi connectivity index (χ3n) is 3.34. The second-order valence-electron chi connectivity index (χ2n) is 5.58. The number of carbonyl (C=O) groups is 1. The lowest BCUT2D eigenvalue weighted by Crippen LogP contribution is -2.06. The highest BCUT2D eigenvalue weighted by Gasteiger charge is 2.14. The van der Waals surface area contributed by atoms with Crippen LogP contribution in [0.25, 0.3) is 0 Å². The Kier molecular flexibility index (Phi) is 4.63. The van der Waals surface area contributed by atoms with Crippen molar-refractivity contribution in [3.8, 4) is 5.75 Å². The maximum atomic E-state index is 12.6. The number of hydrogen-bond donors (Lipinski definition) is 1. The third kappa shape index (κ3) is 3.63. The van der Waals surface area contributed by atoms with E-state index in [0.29, 0.717) is 28.5 Å². The lowest BCUT2D eigenvalue weighted by Gasteiger charge is -2.10. The van der Waals surface area contributed by atoms with Gasteiger partial charge in [0, 0.05) is 16.8 Å². The Morgan fingerprint density at radius 3 is 2.62 bits per heavy atom. The number of hydrogen-bond acceptors (Lipinski definition) is 3. The molecule has 0 saturated carbocycles. The van der Waals surface area contributed by atoms with Crippen molar-refractivity contribution in [3.63, 3.8) is 0 Å². The minimum Gasteiger partial charge on any atom is -0.497 e. The van der Waals surface area contributed by atoms with Crippen molar-refractivity contribution in [3.05, 3.63) is 59.2 Å². The quantitative estimate of drug-likeness (QED) is 0.672. The van der Waals surface area contributed by atoms with E-state index in [4.69, 9.17) is 10.5 Å². The molecule has 0 amide bonds. The fourth-order valence-corrected chi connectivity index (χ4v) is 2.33. The first-order valence-corrected chi connectivity index (χ1v) is 7.08. The first kappa shape index (κ1) is 15.1. The molecule has 2 aromatic rings. The van der Waals surface area contributed by atoms with E-state index in [-0.39, 0.29) is 5.78 Å². The second-order valence-corrected chi connectivity index (χ2v) is 5.58. The van der Waals surface area contributed by atoms with Crippen molar-refractivity contribution in [2.45, 2.75) is 20.3 Å². The predicted octanol–water partition coefficient (Wildman–Crippen LogP) is 3.71. The molecule has 0 bridgehead atoms. The minimum atomic E-state index is -0.0722. The molecule has 21 heavy (non-hydrogen) atoms. The highest BCUT2D eigenvalue weighted by molar-refractivity contribution is 6.12. The topological polar surface area (TPSA) is 52.3 Å². The molecular weight excluding hydrogens is 262 g/mol. The van der Waals surface area contributed by atoms with E-state index in [1.54, 1.807) is 25.3 Å². The van der Waals surface area contributed by atoms with Crippen LogP contribution < -0.4 is 10.5 Å². The van der Waals surface area contributed by atoms with Gasteiger partial charge >= 0.3 is 0 Å². The second kappa shape index (κ2) is 6.44. The number of anilines is 1. The highest BCUT2D eigenvalue weighted by atomic mass is 16.5. The summed E-state index contributed by atoms with van der Waals surface area (Å²) in [7, 11) is 1.57. The number of carbonyl (C=O) groups excluding carboxylic acids is 1. The fourth-order valence-electron chi connectivity index (χ4n) is 2.33. The molecule has 0 radical (unpaired) electrons. The summed E-state index contributed by atoms with van der Waals surface area (Å²) in [6, 6.07) is 12.9. The number of nitrogens with two attached hydrogens (primary N) is 1. The Labute approximate surface area is 125 Å². The standard InChI is InChI=1S/C18H21NO2/c1-12(2)9-13-5-4-6-14(10-13)18(20)16-11-15(21-3)7-8-17(16)19/h4-8,10-12H,9,19H2,1-3H3. The van der Waals surface area contributed by atoms with Crippen LogP contribution in [-0.2, 0) is 6.42 Å². The number of methoxy groups -OCH3 is 1. The van der Waals surface area contributed by atoms with Crippen molar-refractivity contribution in [2.24, 2.45) is 5.92 Å². The molecule has 0 saturated heterocycles. The van der Waals surface area contributed by atoms with E-state index in [1.165, 1.54) is 0 Å². The molecule has 0 aliphatic carbocycles. The molecular formula is C18H21NO2. The molecule has 0 aliphatic rings. The Hall–Kier alpha value is -2.29. The van der Waals surface area contributed by atoms with Gasteiger partial charge in [0.15, 0.2) is 5.78 Å². The monoisotopic (exact) mass is 283 g/mol. The van der Waals surface area contributed by atoms with Crippen LogP contribution in [-0.4, -0.2) is 12.9 Å². The van der Waals surface area contributed by atoms with Gasteiger partial charge in [-0.2, -0.15) is 0 Å². The molecule has 0 spiro atoms. The Bertz CT molecular complexity index is 647. The summed E-state index contributed by atoms with van der Waals surface area (Å²) in [6.45, 7) is 4.32. The van der Waals surface area contributed by atoms with E-state index >= 15 is 0 Å². The molecule has 3 nitrogen and oxygen atoms in total. The molecule has 0 unspecified atom stereocenters. The molecule has 2 aromatic carbocycles. The minimum absolute atomic E-state index is 0.0722. The van der Waals surface area contributed by atoms with Gasteiger partial charge < -0.3 is 10.5 Å². The van der Waals surface area contributed by atoms with Gasteiger partial charge in [0.1, 0.15) is 5.75 Å². The normalized spacial score (nSPS) is 10.7. The van der Waals surface area contributed by atoms with Crippen molar-refractivity contribution in [2.75, 3.05) is 12.8 Å². The SMILES string of the molecule is COc1ccc(N)c(C(=O)c2cccc(CC(C)C)c2)c1. The summed E-state index contributed by atoms with van der Waals surface area (Å²) in [6.07, 6.45) is 0.953. The average Bonchev–Trinajstić information content (AvgIpc) is 2.46. The van der Waals surface area contributed by atoms with Crippen molar-refractivity contribution in [1.82, 2.24) is 0 Å². The Balaban J connectivity index is 2.36. The average molecular weight is 283 g/mol. The largest absolute Gasteiger partial charge is 0.497 e. The molecule has 0 aliphatic heterocycles. The van der Waals surface area contributed by atoms with E-state index in [2.05, 4.69) is 13.8 Å². The van der Waals surface area contributed by atoms with Gasteiger partial charge in [-0.05, 0) is 42.2 Å². The smallest absolute Gasteiger partial charge is 0.195 e. The summed E-state index contributed by atoms with van der Waals surface area (Å²) >= 11 is 0. The lowest BCUT2D eigenvalue weighted by molar-refractivity contribution is 0.103. The van der Waals surface area contributed by atoms with E-state index in [0.717, 1.165) is 12.0 Å². The van der Waals surface area contributed by atoms with Crippen LogP contribution in [0, 0.1) is 5.92 Å². The Morgan fingerprint density at radius 2 is 1.95 bits per heavy atom. The van der Waals surface area contributed by atoms with Crippen LogP contribution in [0.2, 0.25) is 0 Å². The third-order valence-corrected chi connectivity index (χ3v) is 3.34. The molecule has 110 valence electrons. The summed E-state index contributed by atoms with van der Waals surface area (Å²) in [5.74, 6) is 1.11. The number of ketones is 1. The van der Waals surface area contributed by atoms with Gasteiger partial charge in [0.2, 0.25) is 0 Å². The zero-order valence-electron chi connectivity index (χ0n) is 12.7. The van der Waals surface area contributed by atoms with Gasteiger partial charge in [-0.25, -0.2) is 0 Å². The molecule has 2 N–H and O–H groups in total. The number of benzene rings is 2. The maximum Gasteiger partial charge on any atom is 0.195 e. The van der Waals surface area contributed by atoms with Gasteiger partial charge in [-0.3, -0.25) is 4.79 Å².